The maximum Gasteiger partial charge on any atom is 0.411 e. The molecule has 0 heterocycles. The first-order valence-corrected chi connectivity index (χ1v) is 5.75. The van der Waals surface area contributed by atoms with Crippen LogP contribution in [0.5, 0.6) is 0 Å². The number of carbonyl (C=O) groups is 2. The third-order valence-electron chi connectivity index (χ3n) is 1.72. The first-order chi connectivity index (χ1) is 8.28. The number of carboxylic acids is 1. The molecule has 0 radical (unpaired) electrons. The Morgan fingerprint density at radius 1 is 1.33 bits per heavy atom. The van der Waals surface area contributed by atoms with E-state index in [4.69, 9.17) is 39.9 Å². The summed E-state index contributed by atoms with van der Waals surface area (Å²) in [5.41, 5.74) is 0.304. The van der Waals surface area contributed by atoms with Crippen molar-refractivity contribution in [3.63, 3.8) is 0 Å². The number of rotatable bonds is 3. The SMILES string of the molecule is O=C(Nc1cccc(C(=O)O)c1)OCC(Cl)(Cl)Cl. The largest absolute Gasteiger partial charge is 0.478 e. The quantitative estimate of drug-likeness (QED) is 0.840. The molecular weight excluding hydrogens is 304 g/mol. The molecule has 0 aromatic heterocycles. The van der Waals surface area contributed by atoms with Gasteiger partial charge in [-0.15, -0.1) is 0 Å². The van der Waals surface area contributed by atoms with Gasteiger partial charge in [-0.05, 0) is 18.2 Å². The minimum Gasteiger partial charge on any atom is -0.478 e. The molecule has 0 bridgehead atoms. The molecule has 1 aromatic rings. The second-order valence-electron chi connectivity index (χ2n) is 3.20. The molecule has 5 nitrogen and oxygen atoms in total. The highest BCUT2D eigenvalue weighted by molar-refractivity contribution is 6.67. The molecule has 1 rings (SSSR count). The zero-order valence-corrected chi connectivity index (χ0v) is 11.1. The maximum absolute atomic E-state index is 11.3. The number of aromatic carboxylic acids is 1. The van der Waals surface area contributed by atoms with E-state index in [0.29, 0.717) is 0 Å². The van der Waals surface area contributed by atoms with Crippen molar-refractivity contribution in [2.75, 3.05) is 11.9 Å². The van der Waals surface area contributed by atoms with Gasteiger partial charge < -0.3 is 9.84 Å². The van der Waals surface area contributed by atoms with Gasteiger partial charge >= 0.3 is 12.1 Å². The monoisotopic (exact) mass is 311 g/mol. The summed E-state index contributed by atoms with van der Waals surface area (Å²) in [7, 11) is 0. The summed E-state index contributed by atoms with van der Waals surface area (Å²) in [6.45, 7) is -0.415. The van der Waals surface area contributed by atoms with Crippen molar-refractivity contribution in [3.05, 3.63) is 29.8 Å². The van der Waals surface area contributed by atoms with E-state index in [1.54, 1.807) is 0 Å². The second kappa shape index (κ2) is 6.13. The van der Waals surface area contributed by atoms with Crippen molar-refractivity contribution in [1.82, 2.24) is 0 Å². The number of anilines is 1. The lowest BCUT2D eigenvalue weighted by Crippen LogP contribution is -2.21. The number of alkyl halides is 3. The number of carboxylic acid groups (broad SMARTS) is 1. The van der Waals surface area contributed by atoms with Gasteiger partial charge in [0.25, 0.3) is 0 Å². The van der Waals surface area contributed by atoms with Crippen LogP contribution in [0, 0.1) is 0 Å². The summed E-state index contributed by atoms with van der Waals surface area (Å²) in [5.74, 6) is -1.10. The molecule has 0 aliphatic carbocycles. The smallest absolute Gasteiger partial charge is 0.411 e. The first-order valence-electron chi connectivity index (χ1n) is 4.62. The third-order valence-corrected chi connectivity index (χ3v) is 2.05. The number of hydrogen-bond acceptors (Lipinski definition) is 3. The van der Waals surface area contributed by atoms with Crippen LogP contribution in [-0.4, -0.2) is 27.6 Å². The van der Waals surface area contributed by atoms with E-state index in [1.807, 2.05) is 0 Å². The lowest BCUT2D eigenvalue weighted by Gasteiger charge is -2.12. The van der Waals surface area contributed by atoms with Crippen LogP contribution in [-0.2, 0) is 4.74 Å². The Balaban J connectivity index is 2.59. The van der Waals surface area contributed by atoms with Crippen LogP contribution in [0.3, 0.4) is 0 Å². The average molecular weight is 313 g/mol. The third kappa shape index (κ3) is 5.44. The molecule has 1 amide bonds. The van der Waals surface area contributed by atoms with Gasteiger partial charge in [-0.3, -0.25) is 5.32 Å². The number of benzene rings is 1. The molecule has 2 N–H and O–H groups in total. The fourth-order valence-corrected chi connectivity index (χ4v) is 1.19. The van der Waals surface area contributed by atoms with Crippen molar-refractivity contribution in [2.24, 2.45) is 0 Å². The molecule has 98 valence electrons. The maximum atomic E-state index is 11.3. The number of ether oxygens (including phenoxy) is 1. The highest BCUT2D eigenvalue weighted by Gasteiger charge is 2.22. The summed E-state index contributed by atoms with van der Waals surface area (Å²) < 4.78 is 2.92. The van der Waals surface area contributed by atoms with Crippen LogP contribution in [0.25, 0.3) is 0 Å². The Hall–Kier alpha value is -1.17. The lowest BCUT2D eigenvalue weighted by atomic mass is 10.2. The predicted octanol–water partition coefficient (Wildman–Crippen LogP) is 3.30. The van der Waals surface area contributed by atoms with Crippen molar-refractivity contribution < 1.29 is 19.4 Å². The molecular formula is C10H8Cl3NO4. The van der Waals surface area contributed by atoms with E-state index in [-0.39, 0.29) is 11.3 Å². The van der Waals surface area contributed by atoms with Crippen LogP contribution in [0.4, 0.5) is 10.5 Å². The van der Waals surface area contributed by atoms with Crippen molar-refractivity contribution in [2.45, 2.75) is 3.79 Å². The number of hydrogen-bond donors (Lipinski definition) is 2. The Labute approximate surface area is 118 Å². The Bertz CT molecular complexity index is 459. The first kappa shape index (κ1) is 14.9. The van der Waals surface area contributed by atoms with Crippen molar-refractivity contribution in [3.8, 4) is 0 Å². The topological polar surface area (TPSA) is 75.6 Å². The molecule has 18 heavy (non-hydrogen) atoms. The van der Waals surface area contributed by atoms with E-state index < -0.39 is 22.5 Å². The predicted molar refractivity (Wildman–Crippen MR) is 68.7 cm³/mol. The van der Waals surface area contributed by atoms with E-state index in [2.05, 4.69) is 10.1 Å². The summed E-state index contributed by atoms with van der Waals surface area (Å²) in [5, 5.41) is 11.1. The van der Waals surface area contributed by atoms with Crippen LogP contribution >= 0.6 is 34.8 Å². The van der Waals surface area contributed by atoms with E-state index in [9.17, 15) is 9.59 Å². The molecule has 0 spiro atoms. The van der Waals surface area contributed by atoms with Crippen LogP contribution < -0.4 is 5.32 Å². The summed E-state index contributed by atoms with van der Waals surface area (Å²) in [6, 6.07) is 5.65. The molecule has 0 atom stereocenters. The highest BCUT2D eigenvalue weighted by atomic mass is 35.6. The standard InChI is InChI=1S/C10H8Cl3NO4/c11-10(12,13)5-18-9(17)14-7-3-1-2-6(4-7)8(15)16/h1-4H,5H2,(H,14,17)(H,15,16). The number of halogens is 3. The zero-order chi connectivity index (χ0) is 13.8. The summed E-state index contributed by atoms with van der Waals surface area (Å²) in [6.07, 6.45) is -0.844. The highest BCUT2D eigenvalue weighted by Crippen LogP contribution is 2.26. The minimum absolute atomic E-state index is 0.0363. The normalized spacial score (nSPS) is 10.8. The van der Waals surface area contributed by atoms with E-state index >= 15 is 0 Å². The van der Waals surface area contributed by atoms with Gasteiger partial charge in [0.2, 0.25) is 3.79 Å². The molecule has 0 saturated heterocycles. The minimum atomic E-state index is -1.69. The molecule has 8 heteroatoms. The summed E-state index contributed by atoms with van der Waals surface area (Å²) in [4.78, 5) is 22.0. The van der Waals surface area contributed by atoms with Crippen LogP contribution in [0.1, 0.15) is 10.4 Å². The number of nitrogens with one attached hydrogen (secondary N) is 1. The van der Waals surface area contributed by atoms with Crippen molar-refractivity contribution in [1.29, 1.82) is 0 Å². The van der Waals surface area contributed by atoms with Crippen LogP contribution in [0.15, 0.2) is 24.3 Å². The molecule has 0 aliphatic heterocycles. The number of carbonyl (C=O) groups excluding carboxylic acids is 1. The number of amides is 1. The second-order valence-corrected chi connectivity index (χ2v) is 5.72. The molecule has 1 aromatic carbocycles. The zero-order valence-electron chi connectivity index (χ0n) is 8.82. The Kier molecular flexibility index (Phi) is 5.07. The van der Waals surface area contributed by atoms with Gasteiger partial charge in [-0.1, -0.05) is 40.9 Å². The Morgan fingerprint density at radius 2 is 2.00 bits per heavy atom. The van der Waals surface area contributed by atoms with E-state index in [0.717, 1.165) is 0 Å². The van der Waals surface area contributed by atoms with Crippen molar-refractivity contribution >= 4 is 52.6 Å². The van der Waals surface area contributed by atoms with Gasteiger partial charge in [0, 0.05) is 5.69 Å². The Morgan fingerprint density at radius 3 is 2.56 bits per heavy atom. The lowest BCUT2D eigenvalue weighted by molar-refractivity contribution is 0.0697. The van der Waals surface area contributed by atoms with E-state index in [1.165, 1.54) is 24.3 Å². The van der Waals surface area contributed by atoms with Gasteiger partial charge in [0.1, 0.15) is 6.61 Å². The van der Waals surface area contributed by atoms with Gasteiger partial charge in [-0.2, -0.15) is 0 Å². The fraction of sp³-hybridized carbons (Fsp3) is 0.200. The van der Waals surface area contributed by atoms with Crippen LogP contribution in [0.2, 0.25) is 0 Å². The molecule has 0 unspecified atom stereocenters. The van der Waals surface area contributed by atoms with Gasteiger partial charge in [0.05, 0.1) is 5.56 Å². The molecule has 0 saturated carbocycles. The fourth-order valence-electron chi connectivity index (χ4n) is 1.03. The summed E-state index contributed by atoms with van der Waals surface area (Å²) >= 11 is 16.2. The average Bonchev–Trinajstić information content (AvgIpc) is 2.26. The molecule has 0 aliphatic rings. The molecule has 0 fully saturated rings. The van der Waals surface area contributed by atoms with Gasteiger partial charge in [0.15, 0.2) is 0 Å². The van der Waals surface area contributed by atoms with Gasteiger partial charge in [-0.25, -0.2) is 9.59 Å².